The smallest absolute Gasteiger partial charge is 0.260 e. The van der Waals surface area contributed by atoms with Gasteiger partial charge in [-0.2, -0.15) is 0 Å². The Hall–Kier alpha value is -2.85. The summed E-state index contributed by atoms with van der Waals surface area (Å²) in [5.74, 6) is 0.831. The Labute approximate surface area is 178 Å². The van der Waals surface area contributed by atoms with Crippen molar-refractivity contribution in [1.82, 2.24) is 9.80 Å². The Bertz CT molecular complexity index is 1020. The van der Waals surface area contributed by atoms with E-state index in [1.54, 1.807) is 0 Å². The molecule has 3 aromatic carbocycles. The normalized spacial score (nSPS) is 19.7. The van der Waals surface area contributed by atoms with Gasteiger partial charge in [0.15, 0.2) is 6.61 Å². The van der Waals surface area contributed by atoms with Crippen molar-refractivity contribution in [3.63, 3.8) is 0 Å². The molecule has 1 amide bonds. The number of carbonyl (C=O) groups is 1. The molecular weight excluding hydrogens is 372 g/mol. The molecular formula is C26H28N2O2. The third kappa shape index (κ3) is 4.34. The highest BCUT2D eigenvalue weighted by Gasteiger charge is 2.37. The van der Waals surface area contributed by atoms with Crippen LogP contribution in [0.4, 0.5) is 0 Å². The van der Waals surface area contributed by atoms with Gasteiger partial charge in [-0.15, -0.1) is 0 Å². The first-order valence-corrected chi connectivity index (χ1v) is 11.0. The first-order valence-electron chi connectivity index (χ1n) is 11.0. The van der Waals surface area contributed by atoms with Gasteiger partial charge in [0.25, 0.3) is 5.91 Å². The predicted molar refractivity (Wildman–Crippen MR) is 120 cm³/mol. The van der Waals surface area contributed by atoms with Gasteiger partial charge in [-0.1, -0.05) is 60.7 Å². The zero-order valence-electron chi connectivity index (χ0n) is 17.2. The van der Waals surface area contributed by atoms with E-state index in [4.69, 9.17) is 4.74 Å². The molecule has 1 saturated carbocycles. The number of hydrogen-bond donors (Lipinski definition) is 0. The van der Waals surface area contributed by atoms with Crippen LogP contribution in [0.15, 0.2) is 72.8 Å². The summed E-state index contributed by atoms with van der Waals surface area (Å²) in [5.41, 5.74) is 1.29. The van der Waals surface area contributed by atoms with Crippen molar-refractivity contribution in [2.45, 2.75) is 31.3 Å². The van der Waals surface area contributed by atoms with Crippen molar-refractivity contribution in [2.24, 2.45) is 0 Å². The van der Waals surface area contributed by atoms with Gasteiger partial charge in [0.1, 0.15) is 5.75 Å². The van der Waals surface area contributed by atoms with Crippen LogP contribution in [0, 0.1) is 0 Å². The number of piperazine rings is 1. The molecule has 0 N–H and O–H groups in total. The molecule has 0 bridgehead atoms. The van der Waals surface area contributed by atoms with Crippen molar-refractivity contribution in [1.29, 1.82) is 0 Å². The maximum Gasteiger partial charge on any atom is 0.260 e. The molecule has 1 atom stereocenters. The lowest BCUT2D eigenvalue weighted by atomic mass is 10.0. The fraction of sp³-hybridized carbons (Fsp3) is 0.346. The van der Waals surface area contributed by atoms with Crippen LogP contribution in [0.25, 0.3) is 10.8 Å². The van der Waals surface area contributed by atoms with E-state index in [0.717, 1.165) is 43.2 Å². The molecule has 2 aliphatic rings. The summed E-state index contributed by atoms with van der Waals surface area (Å²) in [6.45, 7) is 2.81. The molecule has 2 fully saturated rings. The summed E-state index contributed by atoms with van der Waals surface area (Å²) in [6, 6.07) is 25.6. The topological polar surface area (TPSA) is 32.8 Å². The standard InChI is InChI=1S/C26H28N2O2/c29-26(19-30-25-13-10-21-8-4-5-9-22(21)17-25)28-15-14-27(23-11-12-23)18-24(28)16-20-6-2-1-3-7-20/h1-10,13,17,23-24H,11-12,14-16,18-19H2. The Kier molecular flexibility index (Phi) is 5.41. The van der Waals surface area contributed by atoms with Gasteiger partial charge in [-0.25, -0.2) is 0 Å². The molecule has 1 heterocycles. The molecule has 1 unspecified atom stereocenters. The van der Waals surface area contributed by atoms with E-state index in [-0.39, 0.29) is 18.6 Å². The second kappa shape index (κ2) is 8.49. The van der Waals surface area contributed by atoms with Gasteiger partial charge in [-0.3, -0.25) is 9.69 Å². The minimum Gasteiger partial charge on any atom is -0.484 e. The SMILES string of the molecule is O=C(COc1ccc2ccccc2c1)N1CCN(C2CC2)CC1Cc1ccccc1. The highest BCUT2D eigenvalue weighted by atomic mass is 16.5. The van der Waals surface area contributed by atoms with Crippen LogP contribution in [0.3, 0.4) is 0 Å². The molecule has 3 aromatic rings. The number of carbonyl (C=O) groups excluding carboxylic acids is 1. The lowest BCUT2D eigenvalue weighted by Gasteiger charge is -2.41. The van der Waals surface area contributed by atoms with E-state index in [1.165, 1.54) is 23.8 Å². The van der Waals surface area contributed by atoms with Gasteiger partial charge >= 0.3 is 0 Å². The van der Waals surface area contributed by atoms with Gasteiger partial charge in [0, 0.05) is 31.7 Å². The highest BCUT2D eigenvalue weighted by molar-refractivity contribution is 5.84. The van der Waals surface area contributed by atoms with Gasteiger partial charge < -0.3 is 9.64 Å². The highest BCUT2D eigenvalue weighted by Crippen LogP contribution is 2.29. The number of rotatable bonds is 6. The van der Waals surface area contributed by atoms with E-state index in [9.17, 15) is 4.79 Å². The minimum absolute atomic E-state index is 0.0829. The first kappa shape index (κ1) is 19.1. The van der Waals surface area contributed by atoms with E-state index in [1.807, 2.05) is 41.3 Å². The number of amides is 1. The average molecular weight is 401 g/mol. The van der Waals surface area contributed by atoms with E-state index in [2.05, 4.69) is 41.3 Å². The van der Waals surface area contributed by atoms with Crippen molar-refractivity contribution in [2.75, 3.05) is 26.2 Å². The van der Waals surface area contributed by atoms with Crippen molar-refractivity contribution >= 4 is 16.7 Å². The molecule has 1 aliphatic heterocycles. The van der Waals surface area contributed by atoms with Crippen LogP contribution in [-0.4, -0.2) is 54.0 Å². The third-order valence-electron chi connectivity index (χ3n) is 6.30. The fourth-order valence-corrected chi connectivity index (χ4v) is 4.53. The molecule has 0 radical (unpaired) electrons. The van der Waals surface area contributed by atoms with Gasteiger partial charge in [-0.05, 0) is 47.7 Å². The van der Waals surface area contributed by atoms with Crippen LogP contribution in [0.1, 0.15) is 18.4 Å². The molecule has 4 heteroatoms. The summed E-state index contributed by atoms with van der Waals surface area (Å²) in [5, 5.41) is 2.30. The van der Waals surface area contributed by atoms with Crippen molar-refractivity contribution < 1.29 is 9.53 Å². The minimum atomic E-state index is 0.0829. The number of benzene rings is 3. The van der Waals surface area contributed by atoms with Crippen molar-refractivity contribution in [3.05, 3.63) is 78.4 Å². The van der Waals surface area contributed by atoms with Crippen LogP contribution >= 0.6 is 0 Å². The molecule has 4 nitrogen and oxygen atoms in total. The summed E-state index contributed by atoms with van der Waals surface area (Å²) in [7, 11) is 0. The average Bonchev–Trinajstić information content (AvgIpc) is 3.63. The predicted octanol–water partition coefficient (Wildman–Crippen LogP) is 4.14. The molecule has 30 heavy (non-hydrogen) atoms. The van der Waals surface area contributed by atoms with Crippen LogP contribution in [-0.2, 0) is 11.2 Å². The Morgan fingerprint density at radius 1 is 0.900 bits per heavy atom. The van der Waals surface area contributed by atoms with E-state index < -0.39 is 0 Å². The number of hydrogen-bond acceptors (Lipinski definition) is 3. The van der Waals surface area contributed by atoms with Gasteiger partial charge in [0.05, 0.1) is 0 Å². The summed E-state index contributed by atoms with van der Waals surface area (Å²) < 4.78 is 5.91. The Morgan fingerprint density at radius 3 is 2.47 bits per heavy atom. The largest absolute Gasteiger partial charge is 0.484 e. The zero-order valence-corrected chi connectivity index (χ0v) is 17.2. The fourth-order valence-electron chi connectivity index (χ4n) is 4.53. The summed E-state index contributed by atoms with van der Waals surface area (Å²) in [6.07, 6.45) is 3.50. The van der Waals surface area contributed by atoms with Gasteiger partial charge in [0.2, 0.25) is 0 Å². The van der Waals surface area contributed by atoms with E-state index in [0.29, 0.717) is 0 Å². The first-order chi connectivity index (χ1) is 14.8. The molecule has 1 aliphatic carbocycles. The number of nitrogens with zero attached hydrogens (tertiary/aromatic N) is 2. The molecule has 0 aromatic heterocycles. The zero-order chi connectivity index (χ0) is 20.3. The summed E-state index contributed by atoms with van der Waals surface area (Å²) in [4.78, 5) is 17.7. The van der Waals surface area contributed by atoms with Crippen LogP contribution < -0.4 is 4.74 Å². The second-order valence-electron chi connectivity index (χ2n) is 8.45. The number of fused-ring (bicyclic) bond motifs is 1. The van der Waals surface area contributed by atoms with Crippen LogP contribution in [0.5, 0.6) is 5.75 Å². The monoisotopic (exact) mass is 400 g/mol. The second-order valence-corrected chi connectivity index (χ2v) is 8.45. The van der Waals surface area contributed by atoms with Crippen molar-refractivity contribution in [3.8, 4) is 5.75 Å². The third-order valence-corrected chi connectivity index (χ3v) is 6.30. The summed E-state index contributed by atoms with van der Waals surface area (Å²) >= 11 is 0. The maximum absolute atomic E-state index is 13.1. The number of ether oxygens (including phenoxy) is 1. The lowest BCUT2D eigenvalue weighted by molar-refractivity contribution is -0.138. The molecule has 5 rings (SSSR count). The molecule has 1 saturated heterocycles. The maximum atomic E-state index is 13.1. The lowest BCUT2D eigenvalue weighted by Crippen LogP contribution is -2.57. The Balaban J connectivity index is 1.26. The van der Waals surface area contributed by atoms with Crippen LogP contribution in [0.2, 0.25) is 0 Å². The molecule has 154 valence electrons. The quantitative estimate of drug-likeness (QED) is 0.624. The van der Waals surface area contributed by atoms with E-state index >= 15 is 0 Å². The molecule has 0 spiro atoms. The Morgan fingerprint density at radius 2 is 1.67 bits per heavy atom.